The van der Waals surface area contributed by atoms with Crippen LogP contribution >= 0.6 is 0 Å². The molecule has 0 aromatic heterocycles. The van der Waals surface area contributed by atoms with Crippen molar-refractivity contribution in [2.75, 3.05) is 0 Å². The van der Waals surface area contributed by atoms with Crippen molar-refractivity contribution in [1.29, 1.82) is 0 Å². The Labute approximate surface area is 134 Å². The lowest BCUT2D eigenvalue weighted by Gasteiger charge is -2.17. The number of aromatic carboxylic acids is 2. The molecule has 0 saturated carbocycles. The molecule has 2 aromatic carbocycles. The van der Waals surface area contributed by atoms with Gasteiger partial charge >= 0.3 is 11.9 Å². The number of hydrogen-bond acceptors (Lipinski definition) is 3. The van der Waals surface area contributed by atoms with E-state index in [4.69, 9.17) is 4.74 Å². The number of benzene rings is 2. The van der Waals surface area contributed by atoms with Gasteiger partial charge in [-0.15, -0.1) is 0 Å². The van der Waals surface area contributed by atoms with E-state index >= 15 is 0 Å². The normalized spacial score (nSPS) is 10.3. The molecule has 0 atom stereocenters. The highest BCUT2D eigenvalue weighted by molar-refractivity contribution is 5.93. The molecule has 0 aliphatic rings. The van der Waals surface area contributed by atoms with Crippen LogP contribution in [0.15, 0.2) is 36.4 Å². The second-order valence-electron chi connectivity index (χ2n) is 5.01. The van der Waals surface area contributed by atoms with Crippen LogP contribution in [-0.2, 0) is 12.8 Å². The molecule has 0 bridgehead atoms. The Morgan fingerprint density at radius 3 is 1.52 bits per heavy atom. The fourth-order valence-electron chi connectivity index (χ4n) is 2.41. The molecule has 0 amide bonds. The lowest BCUT2D eigenvalue weighted by molar-refractivity contribution is 0.0687. The number of aryl methyl sites for hydroxylation is 2. The highest BCUT2D eigenvalue weighted by atomic mass is 16.5. The minimum atomic E-state index is -1.11. The zero-order valence-corrected chi connectivity index (χ0v) is 13.0. The fraction of sp³-hybridized carbons (Fsp3) is 0.222. The molecule has 23 heavy (non-hydrogen) atoms. The first kappa shape index (κ1) is 16.5. The smallest absolute Gasteiger partial charge is 0.339 e. The summed E-state index contributed by atoms with van der Waals surface area (Å²) in [5.74, 6) is -1.82. The van der Waals surface area contributed by atoms with E-state index in [9.17, 15) is 19.8 Å². The van der Waals surface area contributed by atoms with Gasteiger partial charge < -0.3 is 14.9 Å². The summed E-state index contributed by atoms with van der Waals surface area (Å²) < 4.78 is 5.85. The van der Waals surface area contributed by atoms with Crippen molar-refractivity contribution < 1.29 is 24.5 Å². The Morgan fingerprint density at radius 1 is 0.826 bits per heavy atom. The molecule has 0 radical (unpaired) electrons. The van der Waals surface area contributed by atoms with E-state index in [-0.39, 0.29) is 22.6 Å². The molecule has 0 unspecified atom stereocenters. The van der Waals surface area contributed by atoms with E-state index in [1.165, 1.54) is 12.1 Å². The molecule has 2 aromatic rings. The van der Waals surface area contributed by atoms with Gasteiger partial charge in [-0.05, 0) is 36.1 Å². The Kier molecular flexibility index (Phi) is 5.01. The van der Waals surface area contributed by atoms with Gasteiger partial charge in [0.25, 0.3) is 0 Å². The van der Waals surface area contributed by atoms with Gasteiger partial charge in [-0.3, -0.25) is 0 Å². The van der Waals surface area contributed by atoms with E-state index in [1.54, 1.807) is 24.3 Å². The molecule has 0 aliphatic carbocycles. The lowest BCUT2D eigenvalue weighted by Crippen LogP contribution is -2.07. The van der Waals surface area contributed by atoms with Crippen molar-refractivity contribution in [3.63, 3.8) is 0 Å². The van der Waals surface area contributed by atoms with Gasteiger partial charge in [0, 0.05) is 0 Å². The number of carboxylic acid groups (broad SMARTS) is 2. The molecule has 0 heterocycles. The van der Waals surface area contributed by atoms with Crippen LogP contribution in [0, 0.1) is 0 Å². The number of carbonyl (C=O) groups is 2. The number of carboxylic acids is 2. The summed E-state index contributed by atoms with van der Waals surface area (Å²) in [6.07, 6.45) is 1.15. The summed E-state index contributed by atoms with van der Waals surface area (Å²) >= 11 is 0. The van der Waals surface area contributed by atoms with Crippen LogP contribution in [0.1, 0.15) is 45.7 Å². The highest BCUT2D eigenvalue weighted by Gasteiger charge is 2.20. The highest BCUT2D eigenvalue weighted by Crippen LogP contribution is 2.34. The maximum atomic E-state index is 11.5. The van der Waals surface area contributed by atoms with Crippen molar-refractivity contribution in [2.24, 2.45) is 0 Å². The molecular formula is C18H18O5. The fourth-order valence-corrected chi connectivity index (χ4v) is 2.41. The monoisotopic (exact) mass is 314 g/mol. The van der Waals surface area contributed by atoms with Crippen molar-refractivity contribution in [3.8, 4) is 11.5 Å². The minimum absolute atomic E-state index is 0.0200. The third-order valence-electron chi connectivity index (χ3n) is 3.62. The number of ether oxygens (including phenoxy) is 1. The quantitative estimate of drug-likeness (QED) is 0.842. The standard InChI is InChI=1S/C18H18O5/c1-3-11-7-5-9-13(17(19)20)15(11)23-16-12(4-2)8-6-10-14(16)18(21)22/h5-10H,3-4H2,1-2H3,(H,19,20)(H,21,22). The van der Waals surface area contributed by atoms with Crippen molar-refractivity contribution in [3.05, 3.63) is 58.7 Å². The summed E-state index contributed by atoms with van der Waals surface area (Å²) in [5.41, 5.74) is 1.47. The predicted octanol–water partition coefficient (Wildman–Crippen LogP) is 4.00. The van der Waals surface area contributed by atoms with Crippen molar-refractivity contribution >= 4 is 11.9 Å². The molecule has 0 aliphatic heterocycles. The summed E-state index contributed by atoms with van der Waals surface area (Å²) in [6, 6.07) is 9.75. The van der Waals surface area contributed by atoms with Crippen LogP contribution in [0.4, 0.5) is 0 Å². The SMILES string of the molecule is CCc1cccc(C(=O)O)c1Oc1c(CC)cccc1C(=O)O. The first-order valence-corrected chi connectivity index (χ1v) is 7.37. The first-order valence-electron chi connectivity index (χ1n) is 7.37. The Hall–Kier alpha value is -2.82. The molecule has 0 spiro atoms. The van der Waals surface area contributed by atoms with E-state index in [0.29, 0.717) is 24.0 Å². The third kappa shape index (κ3) is 3.34. The van der Waals surface area contributed by atoms with Crippen LogP contribution in [-0.4, -0.2) is 22.2 Å². The second-order valence-corrected chi connectivity index (χ2v) is 5.01. The first-order chi connectivity index (χ1) is 11.0. The van der Waals surface area contributed by atoms with E-state index in [0.717, 1.165) is 0 Å². The van der Waals surface area contributed by atoms with Gasteiger partial charge in [0.05, 0.1) is 0 Å². The summed E-state index contributed by atoms with van der Waals surface area (Å²) in [7, 11) is 0. The summed E-state index contributed by atoms with van der Waals surface area (Å²) in [4.78, 5) is 22.9. The van der Waals surface area contributed by atoms with Crippen LogP contribution in [0.25, 0.3) is 0 Å². The predicted molar refractivity (Wildman–Crippen MR) is 85.6 cm³/mol. The van der Waals surface area contributed by atoms with Crippen molar-refractivity contribution in [1.82, 2.24) is 0 Å². The van der Waals surface area contributed by atoms with E-state index < -0.39 is 11.9 Å². The van der Waals surface area contributed by atoms with Gasteiger partial charge in [0.15, 0.2) is 0 Å². The van der Waals surface area contributed by atoms with Gasteiger partial charge in [-0.25, -0.2) is 9.59 Å². The molecule has 2 rings (SSSR count). The zero-order chi connectivity index (χ0) is 17.0. The molecular weight excluding hydrogens is 296 g/mol. The topological polar surface area (TPSA) is 83.8 Å². The molecule has 5 heteroatoms. The summed E-state index contributed by atoms with van der Waals surface area (Å²) in [6.45, 7) is 3.77. The van der Waals surface area contributed by atoms with Crippen LogP contribution in [0.3, 0.4) is 0 Å². The van der Waals surface area contributed by atoms with Gasteiger partial charge in [-0.1, -0.05) is 38.1 Å². The Balaban J connectivity index is 2.64. The van der Waals surface area contributed by atoms with Crippen LogP contribution in [0.5, 0.6) is 11.5 Å². The zero-order valence-electron chi connectivity index (χ0n) is 13.0. The molecule has 2 N–H and O–H groups in total. The minimum Gasteiger partial charge on any atom is -0.478 e. The molecule has 0 saturated heterocycles. The molecule has 5 nitrogen and oxygen atoms in total. The third-order valence-corrected chi connectivity index (χ3v) is 3.62. The molecule has 0 fully saturated rings. The maximum Gasteiger partial charge on any atom is 0.339 e. The Morgan fingerprint density at radius 2 is 1.22 bits per heavy atom. The van der Waals surface area contributed by atoms with Gasteiger partial charge in [0.2, 0.25) is 0 Å². The second kappa shape index (κ2) is 6.96. The van der Waals surface area contributed by atoms with Crippen molar-refractivity contribution in [2.45, 2.75) is 26.7 Å². The lowest BCUT2D eigenvalue weighted by atomic mass is 10.0. The van der Waals surface area contributed by atoms with E-state index in [1.807, 2.05) is 13.8 Å². The van der Waals surface area contributed by atoms with Crippen LogP contribution in [0.2, 0.25) is 0 Å². The summed E-state index contributed by atoms with van der Waals surface area (Å²) in [5, 5.41) is 18.7. The Bertz CT molecular complexity index is 686. The average molecular weight is 314 g/mol. The maximum absolute atomic E-state index is 11.5. The largest absolute Gasteiger partial charge is 0.478 e. The van der Waals surface area contributed by atoms with Gasteiger partial charge in [-0.2, -0.15) is 0 Å². The average Bonchev–Trinajstić information content (AvgIpc) is 2.54. The number of para-hydroxylation sites is 2. The van der Waals surface area contributed by atoms with E-state index in [2.05, 4.69) is 0 Å². The number of hydrogen-bond donors (Lipinski definition) is 2. The van der Waals surface area contributed by atoms with Crippen LogP contribution < -0.4 is 4.74 Å². The molecule has 120 valence electrons. The number of rotatable bonds is 6. The van der Waals surface area contributed by atoms with Gasteiger partial charge in [0.1, 0.15) is 22.6 Å².